The van der Waals surface area contributed by atoms with Gasteiger partial charge in [0.05, 0.1) is 6.20 Å². The van der Waals surface area contributed by atoms with E-state index in [4.69, 9.17) is 5.73 Å². The highest BCUT2D eigenvalue weighted by atomic mass is 19.1. The molecule has 1 heterocycles. The van der Waals surface area contributed by atoms with E-state index in [1.54, 1.807) is 31.3 Å². The minimum Gasteiger partial charge on any atom is -0.327 e. The molecule has 1 aromatic heterocycles. The lowest BCUT2D eigenvalue weighted by Crippen LogP contribution is -2.33. The maximum Gasteiger partial charge on any atom is 0.191 e. The van der Waals surface area contributed by atoms with Gasteiger partial charge in [0.1, 0.15) is 5.69 Å². The number of aromatic nitrogens is 3. The molecule has 2 N–H and O–H groups in total. The van der Waals surface area contributed by atoms with Crippen LogP contribution in [0.25, 0.3) is 0 Å². The van der Waals surface area contributed by atoms with Crippen molar-refractivity contribution in [3.63, 3.8) is 0 Å². The Morgan fingerprint density at radius 2 is 2.06 bits per heavy atom. The summed E-state index contributed by atoms with van der Waals surface area (Å²) in [5, 5.41) is 7.41. The molecule has 5 heteroatoms. The summed E-state index contributed by atoms with van der Waals surface area (Å²) in [6.07, 6.45) is 1.40. The van der Waals surface area contributed by atoms with Gasteiger partial charge in [0.2, 0.25) is 0 Å². The predicted octanol–water partition coefficient (Wildman–Crippen LogP) is 0.987. The molecule has 4 nitrogen and oxygen atoms in total. The van der Waals surface area contributed by atoms with E-state index in [0.29, 0.717) is 11.3 Å². The largest absolute Gasteiger partial charge is 0.327 e. The second-order valence-electron chi connectivity index (χ2n) is 3.61. The van der Waals surface area contributed by atoms with E-state index in [1.807, 2.05) is 6.07 Å². The molecule has 0 fully saturated rings. The fraction of sp³-hybridized carbons (Fsp3) is 0.273. The van der Waals surface area contributed by atoms with E-state index >= 15 is 0 Å². The van der Waals surface area contributed by atoms with E-state index in [1.165, 1.54) is 10.9 Å². The molecule has 0 aliphatic carbocycles. The van der Waals surface area contributed by atoms with Crippen molar-refractivity contribution in [3.05, 3.63) is 47.8 Å². The number of halogens is 1. The zero-order chi connectivity index (χ0) is 11.6. The van der Waals surface area contributed by atoms with Crippen molar-refractivity contribution >= 4 is 0 Å². The van der Waals surface area contributed by atoms with E-state index in [2.05, 4.69) is 10.3 Å². The third-order valence-corrected chi connectivity index (χ3v) is 2.63. The lowest BCUT2D eigenvalue weighted by atomic mass is 9.93. The predicted molar refractivity (Wildman–Crippen MR) is 58.4 cm³/mol. The Morgan fingerprint density at radius 3 is 2.56 bits per heavy atom. The molecule has 0 aliphatic rings. The summed E-state index contributed by atoms with van der Waals surface area (Å²) in [6.45, 7) is -0.141. The van der Waals surface area contributed by atoms with Crippen LogP contribution >= 0.6 is 0 Å². The smallest absolute Gasteiger partial charge is 0.191 e. The Hall–Kier alpha value is -1.75. The van der Waals surface area contributed by atoms with Gasteiger partial charge in [0.25, 0.3) is 0 Å². The number of benzene rings is 1. The summed E-state index contributed by atoms with van der Waals surface area (Å²) >= 11 is 0. The Bertz CT molecular complexity index is 468. The van der Waals surface area contributed by atoms with E-state index < -0.39 is 5.67 Å². The molecule has 84 valence electrons. The SMILES string of the molecule is Cn1nncc1C(F)(CN)c1ccccc1. The molecule has 1 aromatic carbocycles. The van der Waals surface area contributed by atoms with Crippen molar-refractivity contribution in [2.75, 3.05) is 6.54 Å². The standard InChI is InChI=1S/C11H13FN4/c1-16-10(7-14-15-16)11(12,8-13)9-5-3-2-4-6-9/h2-7H,8,13H2,1H3. The number of nitrogens with zero attached hydrogens (tertiary/aromatic N) is 3. The van der Waals surface area contributed by atoms with Gasteiger partial charge in [0, 0.05) is 13.6 Å². The van der Waals surface area contributed by atoms with Crippen LogP contribution in [0.1, 0.15) is 11.3 Å². The zero-order valence-corrected chi connectivity index (χ0v) is 8.97. The van der Waals surface area contributed by atoms with Crippen molar-refractivity contribution in [1.82, 2.24) is 15.0 Å². The van der Waals surface area contributed by atoms with Crippen molar-refractivity contribution in [2.45, 2.75) is 5.67 Å². The van der Waals surface area contributed by atoms with Crippen molar-refractivity contribution in [3.8, 4) is 0 Å². The van der Waals surface area contributed by atoms with E-state index in [9.17, 15) is 4.39 Å². The lowest BCUT2D eigenvalue weighted by molar-refractivity contribution is 0.217. The highest BCUT2D eigenvalue weighted by Crippen LogP contribution is 2.31. The monoisotopic (exact) mass is 220 g/mol. The molecule has 0 bridgehead atoms. The highest BCUT2D eigenvalue weighted by Gasteiger charge is 2.35. The average Bonchev–Trinajstić information content (AvgIpc) is 2.76. The quantitative estimate of drug-likeness (QED) is 0.839. The molecule has 2 rings (SSSR count). The van der Waals surface area contributed by atoms with Crippen molar-refractivity contribution in [2.24, 2.45) is 12.8 Å². The molecule has 16 heavy (non-hydrogen) atoms. The highest BCUT2D eigenvalue weighted by molar-refractivity contribution is 5.31. The molecule has 1 unspecified atom stereocenters. The van der Waals surface area contributed by atoms with Crippen LogP contribution in [0.2, 0.25) is 0 Å². The maximum absolute atomic E-state index is 14.9. The lowest BCUT2D eigenvalue weighted by Gasteiger charge is -2.23. The summed E-state index contributed by atoms with van der Waals surface area (Å²) < 4.78 is 16.3. The Balaban J connectivity index is 2.53. The minimum atomic E-state index is -1.74. The summed E-state index contributed by atoms with van der Waals surface area (Å²) in [4.78, 5) is 0. The number of rotatable bonds is 3. The topological polar surface area (TPSA) is 56.7 Å². The summed E-state index contributed by atoms with van der Waals surface area (Å²) in [5.74, 6) is 0. The van der Waals surface area contributed by atoms with Gasteiger partial charge >= 0.3 is 0 Å². The van der Waals surface area contributed by atoms with Crippen LogP contribution in [0.5, 0.6) is 0 Å². The zero-order valence-electron chi connectivity index (χ0n) is 8.97. The van der Waals surface area contributed by atoms with Gasteiger partial charge in [0.15, 0.2) is 5.67 Å². The fourth-order valence-corrected chi connectivity index (χ4v) is 1.72. The van der Waals surface area contributed by atoms with Crippen LogP contribution in [0.4, 0.5) is 4.39 Å². The van der Waals surface area contributed by atoms with Gasteiger partial charge in [-0.2, -0.15) is 0 Å². The van der Waals surface area contributed by atoms with Gasteiger partial charge in [-0.15, -0.1) is 5.10 Å². The molecule has 0 radical (unpaired) electrons. The second-order valence-corrected chi connectivity index (χ2v) is 3.61. The Kier molecular flexibility index (Phi) is 2.70. The number of alkyl halides is 1. The summed E-state index contributed by atoms with van der Waals surface area (Å²) in [6, 6.07) is 8.81. The van der Waals surface area contributed by atoms with Crippen molar-refractivity contribution in [1.29, 1.82) is 0 Å². The number of aryl methyl sites for hydroxylation is 1. The van der Waals surface area contributed by atoms with Crippen LogP contribution in [0.3, 0.4) is 0 Å². The van der Waals surface area contributed by atoms with E-state index in [0.717, 1.165) is 0 Å². The first-order valence-electron chi connectivity index (χ1n) is 4.98. The van der Waals surface area contributed by atoms with Crippen LogP contribution in [0, 0.1) is 0 Å². The van der Waals surface area contributed by atoms with Gasteiger partial charge in [-0.05, 0) is 5.56 Å². The number of hydrogen-bond acceptors (Lipinski definition) is 3. The molecule has 0 aliphatic heterocycles. The third-order valence-electron chi connectivity index (χ3n) is 2.63. The molecule has 1 atom stereocenters. The number of hydrogen-bond donors (Lipinski definition) is 1. The number of nitrogens with two attached hydrogens (primary N) is 1. The molecule has 0 saturated carbocycles. The van der Waals surface area contributed by atoms with Crippen molar-refractivity contribution < 1.29 is 4.39 Å². The second kappa shape index (κ2) is 4.02. The molecular formula is C11H13FN4. The summed E-state index contributed by atoms with van der Waals surface area (Å²) in [7, 11) is 1.65. The van der Waals surface area contributed by atoms with Crippen LogP contribution < -0.4 is 5.73 Å². The first-order chi connectivity index (χ1) is 7.68. The summed E-state index contributed by atoms with van der Waals surface area (Å²) in [5.41, 5.74) is 4.70. The van der Waals surface area contributed by atoms with Gasteiger partial charge in [-0.1, -0.05) is 35.5 Å². The van der Waals surface area contributed by atoms with E-state index in [-0.39, 0.29) is 6.54 Å². The van der Waals surface area contributed by atoms with Gasteiger partial charge in [-0.25, -0.2) is 9.07 Å². The average molecular weight is 220 g/mol. The molecule has 2 aromatic rings. The molecule has 0 saturated heterocycles. The third kappa shape index (κ3) is 1.59. The Morgan fingerprint density at radius 1 is 1.38 bits per heavy atom. The normalized spacial score (nSPS) is 14.7. The first-order valence-corrected chi connectivity index (χ1v) is 4.98. The first kappa shape index (κ1) is 10.8. The Labute approximate surface area is 92.9 Å². The molecule has 0 spiro atoms. The minimum absolute atomic E-state index is 0.141. The van der Waals surface area contributed by atoms with Crippen LogP contribution in [-0.4, -0.2) is 21.5 Å². The molecular weight excluding hydrogens is 207 g/mol. The fourth-order valence-electron chi connectivity index (χ4n) is 1.72. The van der Waals surface area contributed by atoms with Crippen LogP contribution in [-0.2, 0) is 12.7 Å². The van der Waals surface area contributed by atoms with Gasteiger partial charge in [-0.3, -0.25) is 0 Å². The van der Waals surface area contributed by atoms with Gasteiger partial charge < -0.3 is 5.73 Å². The maximum atomic E-state index is 14.9. The van der Waals surface area contributed by atoms with Crippen LogP contribution in [0.15, 0.2) is 36.5 Å². The molecule has 0 amide bonds.